The highest BCUT2D eigenvalue weighted by molar-refractivity contribution is 6.27. The summed E-state index contributed by atoms with van der Waals surface area (Å²) in [4.78, 5) is 24.7. The second kappa shape index (κ2) is 7.04. The van der Waals surface area contributed by atoms with Crippen molar-refractivity contribution in [2.24, 2.45) is 0 Å². The number of hydrogen-bond acceptors (Lipinski definition) is 3. The van der Waals surface area contributed by atoms with E-state index in [0.717, 1.165) is 60.7 Å². The van der Waals surface area contributed by atoms with Crippen LogP contribution < -0.4 is 10.6 Å². The summed E-state index contributed by atoms with van der Waals surface area (Å²) in [5.74, 6) is -0.569. The average Bonchev–Trinajstić information content (AvgIpc) is 2.58. The van der Waals surface area contributed by atoms with E-state index < -0.39 is 0 Å². The van der Waals surface area contributed by atoms with E-state index in [2.05, 4.69) is 30.5 Å². The zero-order chi connectivity index (χ0) is 17.1. The minimum atomic E-state index is -0.301. The molecule has 4 nitrogen and oxygen atoms in total. The maximum Gasteiger partial charge on any atom is 0.259 e. The second-order valence-electron chi connectivity index (χ2n) is 6.35. The molecule has 0 saturated heterocycles. The third-order valence-corrected chi connectivity index (χ3v) is 4.59. The van der Waals surface area contributed by atoms with Crippen molar-refractivity contribution >= 4 is 28.3 Å². The Morgan fingerprint density at radius 3 is 2.58 bits per heavy atom. The fraction of sp³-hybridized carbons (Fsp3) is 0.400. The predicted molar refractivity (Wildman–Crippen MR) is 97.8 cm³/mol. The van der Waals surface area contributed by atoms with Gasteiger partial charge >= 0.3 is 0 Å². The Morgan fingerprint density at radius 1 is 1.04 bits per heavy atom. The molecule has 1 heterocycles. The van der Waals surface area contributed by atoms with Crippen molar-refractivity contribution in [3.8, 4) is 0 Å². The molecule has 2 aromatic rings. The smallest absolute Gasteiger partial charge is 0.259 e. The normalized spacial score (nSPS) is 13.2. The standard InChI is InChI=1S/C20H24N2O2/c1-3-5-8-13-12-16(21-11-6-4-2)14-9-7-10-15-18(14)17(13)20(24)22-19(15)23/h7,9-10,12,21H,3-6,8,11H2,1-2H3,(H,22,23,24). The Bertz CT molecular complexity index is 796. The minimum Gasteiger partial charge on any atom is -0.385 e. The number of carbonyl (C=O) groups excluding carboxylic acids is 2. The van der Waals surface area contributed by atoms with Gasteiger partial charge in [-0.05, 0) is 37.0 Å². The topological polar surface area (TPSA) is 58.2 Å². The Hall–Kier alpha value is -2.36. The van der Waals surface area contributed by atoms with Crippen molar-refractivity contribution < 1.29 is 9.59 Å². The zero-order valence-corrected chi connectivity index (χ0v) is 14.4. The fourth-order valence-corrected chi connectivity index (χ4v) is 3.32. The van der Waals surface area contributed by atoms with Crippen molar-refractivity contribution in [1.82, 2.24) is 5.32 Å². The van der Waals surface area contributed by atoms with Gasteiger partial charge in [0.1, 0.15) is 0 Å². The molecular formula is C20H24N2O2. The molecule has 0 aromatic heterocycles. The molecule has 126 valence electrons. The van der Waals surface area contributed by atoms with Crippen LogP contribution in [0, 0.1) is 0 Å². The summed E-state index contributed by atoms with van der Waals surface area (Å²) in [6.45, 7) is 5.19. The Balaban J connectivity index is 2.21. The van der Waals surface area contributed by atoms with Crippen molar-refractivity contribution in [1.29, 1.82) is 0 Å². The van der Waals surface area contributed by atoms with Crippen LogP contribution in [0.4, 0.5) is 5.69 Å². The largest absolute Gasteiger partial charge is 0.385 e. The van der Waals surface area contributed by atoms with Gasteiger partial charge < -0.3 is 5.32 Å². The number of hydrogen-bond donors (Lipinski definition) is 2. The molecule has 0 bridgehead atoms. The number of benzene rings is 2. The second-order valence-corrected chi connectivity index (χ2v) is 6.35. The third-order valence-electron chi connectivity index (χ3n) is 4.59. The quantitative estimate of drug-likeness (QED) is 0.590. The summed E-state index contributed by atoms with van der Waals surface area (Å²) in [7, 11) is 0. The van der Waals surface area contributed by atoms with Crippen LogP contribution in [-0.2, 0) is 6.42 Å². The molecule has 2 aromatic carbocycles. The molecule has 1 aliphatic heterocycles. The number of nitrogens with one attached hydrogen (secondary N) is 2. The van der Waals surface area contributed by atoms with Crippen LogP contribution in [0.25, 0.3) is 10.8 Å². The van der Waals surface area contributed by atoms with Crippen LogP contribution in [0.1, 0.15) is 65.8 Å². The number of imide groups is 1. The van der Waals surface area contributed by atoms with E-state index in [-0.39, 0.29) is 11.8 Å². The first-order valence-corrected chi connectivity index (χ1v) is 8.85. The minimum absolute atomic E-state index is 0.269. The lowest BCUT2D eigenvalue weighted by Crippen LogP contribution is -2.35. The molecule has 1 aliphatic rings. The molecule has 0 fully saturated rings. The van der Waals surface area contributed by atoms with E-state index in [1.807, 2.05) is 12.1 Å². The Morgan fingerprint density at radius 2 is 1.83 bits per heavy atom. The number of anilines is 1. The zero-order valence-electron chi connectivity index (χ0n) is 14.4. The van der Waals surface area contributed by atoms with Gasteiger partial charge in [-0.3, -0.25) is 14.9 Å². The van der Waals surface area contributed by atoms with Gasteiger partial charge in [-0.15, -0.1) is 0 Å². The van der Waals surface area contributed by atoms with Crippen LogP contribution in [0.2, 0.25) is 0 Å². The van der Waals surface area contributed by atoms with Gasteiger partial charge in [0.05, 0.1) is 5.56 Å². The van der Waals surface area contributed by atoms with Crippen LogP contribution in [-0.4, -0.2) is 18.4 Å². The lowest BCUT2D eigenvalue weighted by molar-refractivity contribution is 0.0844. The predicted octanol–water partition coefficient (Wildman–Crippen LogP) is 4.28. The monoisotopic (exact) mass is 324 g/mol. The molecule has 2 amide bonds. The van der Waals surface area contributed by atoms with E-state index in [0.29, 0.717) is 11.1 Å². The first-order valence-electron chi connectivity index (χ1n) is 8.85. The molecule has 0 spiro atoms. The molecule has 0 radical (unpaired) electrons. The van der Waals surface area contributed by atoms with Gasteiger partial charge in [-0.1, -0.05) is 38.8 Å². The molecular weight excluding hydrogens is 300 g/mol. The highest BCUT2D eigenvalue weighted by Crippen LogP contribution is 2.35. The van der Waals surface area contributed by atoms with Crippen molar-refractivity contribution in [3.05, 3.63) is 41.0 Å². The summed E-state index contributed by atoms with van der Waals surface area (Å²) in [6.07, 6.45) is 5.15. The van der Waals surface area contributed by atoms with Gasteiger partial charge in [0.2, 0.25) is 0 Å². The van der Waals surface area contributed by atoms with Gasteiger partial charge in [-0.25, -0.2) is 0 Å². The summed E-state index contributed by atoms with van der Waals surface area (Å²) in [5, 5.41) is 7.75. The van der Waals surface area contributed by atoms with Gasteiger partial charge in [0, 0.05) is 28.6 Å². The number of unbranched alkanes of at least 4 members (excludes halogenated alkanes) is 2. The van der Waals surface area contributed by atoms with Gasteiger partial charge in [-0.2, -0.15) is 0 Å². The Kier molecular flexibility index (Phi) is 4.84. The van der Waals surface area contributed by atoms with E-state index in [4.69, 9.17) is 0 Å². The van der Waals surface area contributed by atoms with Crippen molar-refractivity contribution in [2.45, 2.75) is 46.0 Å². The molecule has 24 heavy (non-hydrogen) atoms. The van der Waals surface area contributed by atoms with Crippen molar-refractivity contribution in [3.63, 3.8) is 0 Å². The fourth-order valence-electron chi connectivity index (χ4n) is 3.32. The molecule has 0 unspecified atom stereocenters. The third kappa shape index (κ3) is 2.88. The summed E-state index contributed by atoms with van der Waals surface area (Å²) in [6, 6.07) is 7.77. The van der Waals surface area contributed by atoms with Gasteiger partial charge in [0.15, 0.2) is 0 Å². The lowest BCUT2D eigenvalue weighted by Gasteiger charge is -2.22. The molecule has 2 N–H and O–H groups in total. The van der Waals surface area contributed by atoms with Crippen molar-refractivity contribution in [2.75, 3.05) is 11.9 Å². The maximum absolute atomic E-state index is 12.5. The van der Waals surface area contributed by atoms with E-state index in [1.165, 1.54) is 0 Å². The van der Waals surface area contributed by atoms with Crippen LogP contribution in [0.3, 0.4) is 0 Å². The summed E-state index contributed by atoms with van der Waals surface area (Å²) < 4.78 is 0. The number of rotatable bonds is 7. The van der Waals surface area contributed by atoms with E-state index in [9.17, 15) is 9.59 Å². The average molecular weight is 324 g/mol. The Labute approximate surface area is 142 Å². The van der Waals surface area contributed by atoms with Crippen LogP contribution in [0.5, 0.6) is 0 Å². The SMILES string of the molecule is CCCCNc1cc(CCCC)c2c3c(cccc13)C(=O)NC2=O. The highest BCUT2D eigenvalue weighted by Gasteiger charge is 2.28. The first kappa shape index (κ1) is 16.5. The lowest BCUT2D eigenvalue weighted by atomic mass is 9.88. The van der Waals surface area contributed by atoms with Crippen LogP contribution >= 0.6 is 0 Å². The summed E-state index contributed by atoms with van der Waals surface area (Å²) >= 11 is 0. The molecule has 3 rings (SSSR count). The molecule has 4 heteroatoms. The molecule has 0 aliphatic carbocycles. The highest BCUT2D eigenvalue weighted by atomic mass is 16.2. The first-order chi connectivity index (χ1) is 11.7. The van der Waals surface area contributed by atoms with Gasteiger partial charge in [0.25, 0.3) is 11.8 Å². The van der Waals surface area contributed by atoms with E-state index >= 15 is 0 Å². The molecule has 0 atom stereocenters. The number of carbonyl (C=O) groups is 2. The summed E-state index contributed by atoms with van der Waals surface area (Å²) in [5.41, 5.74) is 3.33. The van der Waals surface area contributed by atoms with E-state index in [1.54, 1.807) is 6.07 Å². The number of amides is 2. The maximum atomic E-state index is 12.5. The molecule has 0 saturated carbocycles. The van der Waals surface area contributed by atoms with Crippen LogP contribution in [0.15, 0.2) is 24.3 Å². The number of aryl methyl sites for hydroxylation is 1.